The van der Waals surface area contributed by atoms with Crippen LogP contribution in [0.25, 0.3) is 0 Å². The van der Waals surface area contributed by atoms with E-state index in [1.807, 2.05) is 0 Å². The van der Waals surface area contributed by atoms with Gasteiger partial charge in [-0.25, -0.2) is 9.59 Å². The third-order valence-electron chi connectivity index (χ3n) is 2.35. The molecule has 0 aromatic rings. The second kappa shape index (κ2) is 6.48. The summed E-state index contributed by atoms with van der Waals surface area (Å²) in [5, 5.41) is 0. The van der Waals surface area contributed by atoms with Gasteiger partial charge in [-0.15, -0.1) is 0 Å². The molecule has 1 rings (SSSR count). The average molecular weight is 229 g/mol. The van der Waals surface area contributed by atoms with Crippen molar-refractivity contribution in [3.8, 4) is 0 Å². The van der Waals surface area contributed by atoms with E-state index >= 15 is 0 Å². The molecule has 0 aliphatic carbocycles. The van der Waals surface area contributed by atoms with Crippen molar-refractivity contribution >= 4 is 11.9 Å². The van der Waals surface area contributed by atoms with E-state index < -0.39 is 11.9 Å². The van der Waals surface area contributed by atoms with E-state index in [-0.39, 0.29) is 12.7 Å². The minimum Gasteiger partial charge on any atom is -0.456 e. The molecule has 0 N–H and O–H groups in total. The Morgan fingerprint density at radius 1 is 1.19 bits per heavy atom. The largest absolute Gasteiger partial charge is 0.456 e. The Hall–Kier alpha value is -1.10. The quantitative estimate of drug-likeness (QED) is 0.521. The number of ether oxygens (including phenoxy) is 2. The molecule has 5 nitrogen and oxygen atoms in total. The molecule has 0 aromatic heterocycles. The van der Waals surface area contributed by atoms with Crippen LogP contribution in [0.2, 0.25) is 0 Å². The Morgan fingerprint density at radius 3 is 2.38 bits per heavy atom. The highest BCUT2D eigenvalue weighted by molar-refractivity contribution is 6.29. The maximum Gasteiger partial charge on any atom is 0.417 e. The average Bonchev–Trinajstić information content (AvgIpc) is 2.69. The number of rotatable bonds is 4. The molecule has 0 bridgehead atoms. The Balaban J connectivity index is 2.11. The monoisotopic (exact) mass is 229 g/mol. The van der Waals surface area contributed by atoms with Gasteiger partial charge >= 0.3 is 11.9 Å². The Kier molecular flexibility index (Phi) is 5.25. The minimum absolute atomic E-state index is 0.256. The third-order valence-corrected chi connectivity index (χ3v) is 2.35. The van der Waals surface area contributed by atoms with E-state index in [0.717, 1.165) is 13.1 Å². The molecule has 0 saturated carbocycles. The summed E-state index contributed by atoms with van der Waals surface area (Å²) < 4.78 is 9.52. The highest BCUT2D eigenvalue weighted by Gasteiger charge is 2.19. The van der Waals surface area contributed by atoms with Crippen LogP contribution in [0.15, 0.2) is 0 Å². The molecular formula is C11H19NO4. The minimum atomic E-state index is -0.906. The summed E-state index contributed by atoms with van der Waals surface area (Å²) in [7, 11) is 0. The van der Waals surface area contributed by atoms with Crippen molar-refractivity contribution in [3.05, 3.63) is 0 Å². The maximum atomic E-state index is 11.1. The Morgan fingerprint density at radius 2 is 1.81 bits per heavy atom. The van der Waals surface area contributed by atoms with Crippen LogP contribution >= 0.6 is 0 Å². The van der Waals surface area contributed by atoms with E-state index in [9.17, 15) is 9.59 Å². The van der Waals surface area contributed by atoms with Crippen LogP contribution in [-0.4, -0.2) is 49.2 Å². The summed E-state index contributed by atoms with van der Waals surface area (Å²) in [6.07, 6.45) is 2.10. The van der Waals surface area contributed by atoms with Gasteiger partial charge in [0, 0.05) is 6.54 Å². The van der Waals surface area contributed by atoms with E-state index in [4.69, 9.17) is 9.47 Å². The SMILES string of the molecule is CC(C)OC(=O)C(=O)OCCN1CCCC1. The van der Waals surface area contributed by atoms with Crippen molar-refractivity contribution < 1.29 is 19.1 Å². The van der Waals surface area contributed by atoms with Crippen molar-refractivity contribution in [2.24, 2.45) is 0 Å². The summed E-state index contributed by atoms with van der Waals surface area (Å²) >= 11 is 0. The number of hydrogen-bond acceptors (Lipinski definition) is 5. The van der Waals surface area contributed by atoms with Gasteiger partial charge in [0.15, 0.2) is 0 Å². The van der Waals surface area contributed by atoms with Gasteiger partial charge in [-0.2, -0.15) is 0 Å². The molecule has 0 spiro atoms. The lowest BCUT2D eigenvalue weighted by atomic mass is 10.4. The van der Waals surface area contributed by atoms with Crippen LogP contribution in [0.5, 0.6) is 0 Å². The van der Waals surface area contributed by atoms with Crippen LogP contribution in [0.1, 0.15) is 26.7 Å². The van der Waals surface area contributed by atoms with Gasteiger partial charge in [0.05, 0.1) is 6.10 Å². The smallest absolute Gasteiger partial charge is 0.417 e. The molecule has 0 radical (unpaired) electrons. The van der Waals surface area contributed by atoms with Gasteiger partial charge < -0.3 is 9.47 Å². The number of carbonyl (C=O) groups is 2. The van der Waals surface area contributed by atoms with Crippen molar-refractivity contribution in [3.63, 3.8) is 0 Å². The fraction of sp³-hybridized carbons (Fsp3) is 0.818. The lowest BCUT2D eigenvalue weighted by Crippen LogP contribution is -2.28. The summed E-state index contributed by atoms with van der Waals surface area (Å²) in [6, 6.07) is 0. The fourth-order valence-electron chi connectivity index (χ4n) is 1.59. The molecule has 0 aromatic carbocycles. The summed E-state index contributed by atoms with van der Waals surface area (Å²) in [4.78, 5) is 24.4. The van der Waals surface area contributed by atoms with Crippen molar-refractivity contribution in [2.45, 2.75) is 32.8 Å². The first-order chi connectivity index (χ1) is 7.59. The number of hydrogen-bond donors (Lipinski definition) is 0. The van der Waals surface area contributed by atoms with Crippen LogP contribution < -0.4 is 0 Å². The molecule has 1 heterocycles. The van der Waals surface area contributed by atoms with E-state index in [1.54, 1.807) is 13.8 Å². The molecule has 1 fully saturated rings. The van der Waals surface area contributed by atoms with Crippen molar-refractivity contribution in [1.82, 2.24) is 4.90 Å². The molecule has 0 amide bonds. The molecule has 1 aliphatic heterocycles. The molecule has 0 unspecified atom stereocenters. The number of likely N-dealkylation sites (tertiary alicyclic amines) is 1. The van der Waals surface area contributed by atoms with Gasteiger partial charge in [0.25, 0.3) is 0 Å². The van der Waals surface area contributed by atoms with E-state index in [0.29, 0.717) is 6.54 Å². The van der Waals surface area contributed by atoms with Gasteiger partial charge in [-0.1, -0.05) is 0 Å². The molecule has 1 aliphatic rings. The predicted molar refractivity (Wildman–Crippen MR) is 57.9 cm³/mol. The highest BCUT2D eigenvalue weighted by Crippen LogP contribution is 2.06. The second-order valence-electron chi connectivity index (χ2n) is 4.14. The van der Waals surface area contributed by atoms with Crippen LogP contribution in [0, 0.1) is 0 Å². The molecule has 1 saturated heterocycles. The number of esters is 2. The lowest BCUT2D eigenvalue weighted by Gasteiger charge is -2.14. The zero-order valence-corrected chi connectivity index (χ0v) is 9.90. The zero-order chi connectivity index (χ0) is 12.0. The van der Waals surface area contributed by atoms with E-state index in [1.165, 1.54) is 12.8 Å². The zero-order valence-electron chi connectivity index (χ0n) is 9.90. The number of carbonyl (C=O) groups excluding carboxylic acids is 2. The summed E-state index contributed by atoms with van der Waals surface area (Å²) in [5.41, 5.74) is 0. The Labute approximate surface area is 95.7 Å². The first-order valence-electron chi connectivity index (χ1n) is 5.69. The molecule has 5 heteroatoms. The fourth-order valence-corrected chi connectivity index (χ4v) is 1.59. The first kappa shape index (κ1) is 13.0. The molecule has 92 valence electrons. The van der Waals surface area contributed by atoms with Gasteiger partial charge in [-0.05, 0) is 39.8 Å². The van der Waals surface area contributed by atoms with Crippen LogP contribution in [0.3, 0.4) is 0 Å². The second-order valence-corrected chi connectivity index (χ2v) is 4.14. The Bertz CT molecular complexity index is 246. The third kappa shape index (κ3) is 4.61. The molecule has 16 heavy (non-hydrogen) atoms. The maximum absolute atomic E-state index is 11.1. The predicted octanol–water partition coefficient (Wildman–Crippen LogP) is 0.577. The highest BCUT2D eigenvalue weighted by atomic mass is 16.6. The lowest BCUT2D eigenvalue weighted by molar-refractivity contribution is -0.170. The summed E-state index contributed by atoms with van der Waals surface area (Å²) in [5.74, 6) is -1.80. The van der Waals surface area contributed by atoms with Gasteiger partial charge in [0.2, 0.25) is 0 Å². The number of nitrogens with zero attached hydrogens (tertiary/aromatic N) is 1. The van der Waals surface area contributed by atoms with Crippen LogP contribution in [-0.2, 0) is 19.1 Å². The van der Waals surface area contributed by atoms with E-state index in [2.05, 4.69) is 4.90 Å². The van der Waals surface area contributed by atoms with Crippen molar-refractivity contribution in [2.75, 3.05) is 26.2 Å². The van der Waals surface area contributed by atoms with Crippen LogP contribution in [0.4, 0.5) is 0 Å². The van der Waals surface area contributed by atoms with Gasteiger partial charge in [-0.3, -0.25) is 4.90 Å². The summed E-state index contributed by atoms with van der Waals surface area (Å²) in [6.45, 7) is 6.43. The van der Waals surface area contributed by atoms with Gasteiger partial charge in [0.1, 0.15) is 6.61 Å². The topological polar surface area (TPSA) is 55.8 Å². The standard InChI is InChI=1S/C11H19NO4/c1-9(2)16-11(14)10(13)15-8-7-12-5-3-4-6-12/h9H,3-8H2,1-2H3. The van der Waals surface area contributed by atoms with Crippen molar-refractivity contribution in [1.29, 1.82) is 0 Å². The molecular weight excluding hydrogens is 210 g/mol. The molecule has 0 atom stereocenters. The normalized spacial score (nSPS) is 16.4. The first-order valence-corrected chi connectivity index (χ1v) is 5.69.